The average molecular weight is 736 g/mol. The van der Waals surface area contributed by atoms with Crippen LogP contribution in [0.5, 0.6) is 0 Å². The van der Waals surface area contributed by atoms with Crippen LogP contribution in [0.3, 0.4) is 0 Å². The van der Waals surface area contributed by atoms with Crippen molar-refractivity contribution in [2.24, 2.45) is 11.3 Å². The number of hydrogen-bond donors (Lipinski definition) is 1. The second kappa shape index (κ2) is 14.2. The Morgan fingerprint density at radius 2 is 1.31 bits per heavy atom. The van der Waals surface area contributed by atoms with Crippen molar-refractivity contribution < 1.29 is 29.0 Å². The molecule has 8 heteroatoms. The molecule has 0 bridgehead atoms. The topological polar surface area (TPSA) is 93.1 Å². The number of carbonyl (C=O) groups is 3. The average Bonchev–Trinajstić information content (AvgIpc) is 3.76. The minimum atomic E-state index is -1.90. The summed E-state index contributed by atoms with van der Waals surface area (Å²) in [5, 5.41) is 12.2. The summed E-state index contributed by atoms with van der Waals surface area (Å²) in [5.74, 6) is -4.27. The first kappa shape index (κ1) is 35.7. The zero-order chi connectivity index (χ0) is 37.5. The summed E-state index contributed by atoms with van der Waals surface area (Å²) in [6, 6.07) is 45.7. The fourth-order valence-electron chi connectivity index (χ4n) is 8.51. The largest absolute Gasteiger partial charge is 0.449 e. The number of benzene rings is 5. The number of amides is 1. The Morgan fingerprint density at radius 1 is 0.796 bits per heavy atom. The Hall–Kier alpha value is -5.28. The van der Waals surface area contributed by atoms with Crippen molar-refractivity contribution >= 4 is 29.4 Å². The van der Waals surface area contributed by atoms with Crippen LogP contribution in [0.25, 0.3) is 0 Å². The van der Waals surface area contributed by atoms with Crippen molar-refractivity contribution in [2.45, 2.75) is 54.9 Å². The quantitative estimate of drug-likeness (QED) is 0.0632. The molecule has 2 saturated heterocycles. The number of allylic oxidation sites excluding steroid dienone is 1. The van der Waals surface area contributed by atoms with Gasteiger partial charge in [-0.3, -0.25) is 9.59 Å². The third-order valence-electron chi connectivity index (χ3n) is 11.0. The first-order valence-corrected chi connectivity index (χ1v) is 19.1. The Kier molecular flexibility index (Phi) is 9.38. The number of thioether (sulfide) groups is 1. The molecule has 2 aliphatic heterocycles. The van der Waals surface area contributed by atoms with E-state index in [1.165, 1.54) is 11.8 Å². The summed E-state index contributed by atoms with van der Waals surface area (Å²) in [7, 11) is 0. The molecule has 272 valence electrons. The van der Waals surface area contributed by atoms with Crippen LogP contribution in [0.4, 0.5) is 0 Å². The van der Waals surface area contributed by atoms with Gasteiger partial charge in [-0.15, -0.1) is 11.8 Å². The molecule has 8 rings (SSSR count). The molecule has 2 heterocycles. The van der Waals surface area contributed by atoms with Crippen molar-refractivity contribution in [3.63, 3.8) is 0 Å². The Balaban J connectivity index is 1.17. The second-order valence-corrected chi connectivity index (χ2v) is 16.4. The lowest BCUT2D eigenvalue weighted by molar-refractivity contribution is -0.270. The number of fused-ring (bicyclic) bond motifs is 2. The first-order valence-electron chi connectivity index (χ1n) is 18.2. The number of ether oxygens (including phenoxy) is 2. The number of β-lactam (4-membered cyclic amide) rings is 1. The van der Waals surface area contributed by atoms with Crippen LogP contribution in [-0.2, 0) is 31.5 Å². The van der Waals surface area contributed by atoms with Crippen molar-refractivity contribution in [1.82, 2.24) is 4.90 Å². The smallest absolute Gasteiger partial charge is 0.335 e. The van der Waals surface area contributed by atoms with Gasteiger partial charge in [0.15, 0.2) is 11.9 Å². The van der Waals surface area contributed by atoms with E-state index in [2.05, 4.69) is 0 Å². The molecular weight excluding hydrogens is 695 g/mol. The molecule has 3 unspecified atom stereocenters. The van der Waals surface area contributed by atoms with Gasteiger partial charge >= 0.3 is 5.97 Å². The third kappa shape index (κ3) is 5.99. The van der Waals surface area contributed by atoms with Crippen LogP contribution in [0.2, 0.25) is 0 Å². The van der Waals surface area contributed by atoms with E-state index in [0.29, 0.717) is 11.1 Å². The molecule has 0 radical (unpaired) electrons. The lowest BCUT2D eigenvalue weighted by Gasteiger charge is -2.56. The van der Waals surface area contributed by atoms with Crippen LogP contribution < -0.4 is 0 Å². The van der Waals surface area contributed by atoms with Gasteiger partial charge in [-0.05, 0) is 37.0 Å². The second-order valence-electron chi connectivity index (χ2n) is 14.7. The van der Waals surface area contributed by atoms with Gasteiger partial charge in [0.1, 0.15) is 6.04 Å². The molecule has 5 atom stereocenters. The number of rotatable bonds is 11. The van der Waals surface area contributed by atoms with Gasteiger partial charge in [0.05, 0.1) is 23.3 Å². The van der Waals surface area contributed by atoms with Gasteiger partial charge < -0.3 is 19.5 Å². The lowest BCUT2D eigenvalue weighted by atomic mass is 9.64. The molecule has 5 aromatic carbocycles. The maximum absolute atomic E-state index is 15.1. The van der Waals surface area contributed by atoms with E-state index in [1.54, 1.807) is 35.2 Å². The predicted octanol–water partition coefficient (Wildman–Crippen LogP) is 8.26. The zero-order valence-electron chi connectivity index (χ0n) is 30.1. The first-order chi connectivity index (χ1) is 26.1. The summed E-state index contributed by atoms with van der Waals surface area (Å²) < 4.78 is 12.1. The van der Waals surface area contributed by atoms with Crippen molar-refractivity contribution in [1.29, 1.82) is 0 Å². The van der Waals surface area contributed by atoms with Gasteiger partial charge in [0, 0.05) is 21.4 Å². The Labute approximate surface area is 319 Å². The monoisotopic (exact) mass is 735 g/mol. The van der Waals surface area contributed by atoms with Crippen LogP contribution >= 0.6 is 11.8 Å². The highest BCUT2D eigenvalue weighted by Gasteiger charge is 2.77. The molecule has 3 aliphatic rings. The number of Topliss-reactive ketones (excluding diaryl/α,β-unsaturated/α-hetero) is 1. The molecule has 1 spiro atoms. The molecule has 1 aliphatic carbocycles. The van der Waals surface area contributed by atoms with Gasteiger partial charge in [0.2, 0.25) is 11.7 Å². The van der Waals surface area contributed by atoms with Crippen LogP contribution in [0, 0.1) is 11.3 Å². The fraction of sp³-hybridized carbons (Fsp3) is 0.239. The molecule has 2 fully saturated rings. The maximum atomic E-state index is 15.1. The number of carbonyl (C=O) groups excluding carboxylic acids is 3. The van der Waals surface area contributed by atoms with Gasteiger partial charge in [-0.1, -0.05) is 158 Å². The zero-order valence-corrected chi connectivity index (χ0v) is 30.9. The highest BCUT2D eigenvalue weighted by Crippen LogP contribution is 2.68. The van der Waals surface area contributed by atoms with Crippen molar-refractivity contribution in [3.05, 3.63) is 191 Å². The number of hydrogen-bond acceptors (Lipinski definition) is 7. The van der Waals surface area contributed by atoms with Crippen molar-refractivity contribution in [3.8, 4) is 0 Å². The molecule has 1 amide bonds. The molecule has 7 nitrogen and oxygen atoms in total. The summed E-state index contributed by atoms with van der Waals surface area (Å²) >= 11 is 1.53. The van der Waals surface area contributed by atoms with Crippen LogP contribution in [-0.4, -0.2) is 43.8 Å². The summed E-state index contributed by atoms with van der Waals surface area (Å²) in [6.45, 7) is 4.10. The molecule has 0 saturated carbocycles. The number of aliphatic hydroxyl groups is 1. The Bertz CT molecular complexity index is 2140. The van der Waals surface area contributed by atoms with E-state index in [0.717, 1.165) is 16.7 Å². The predicted molar refractivity (Wildman–Crippen MR) is 208 cm³/mol. The molecule has 1 N–H and O–H groups in total. The van der Waals surface area contributed by atoms with E-state index in [4.69, 9.17) is 9.47 Å². The van der Waals surface area contributed by atoms with Gasteiger partial charge in [-0.25, -0.2) is 4.79 Å². The van der Waals surface area contributed by atoms with E-state index < -0.39 is 45.4 Å². The molecular formula is C46H41NO6S. The summed E-state index contributed by atoms with van der Waals surface area (Å²) in [4.78, 5) is 46.1. The van der Waals surface area contributed by atoms with Crippen LogP contribution in [0.15, 0.2) is 163 Å². The highest BCUT2D eigenvalue weighted by atomic mass is 32.2. The van der Waals surface area contributed by atoms with E-state index in [1.807, 2.05) is 141 Å². The van der Waals surface area contributed by atoms with Gasteiger partial charge in [-0.2, -0.15) is 0 Å². The number of esters is 1. The van der Waals surface area contributed by atoms with Gasteiger partial charge in [0.25, 0.3) is 0 Å². The van der Waals surface area contributed by atoms with E-state index >= 15 is 4.79 Å². The molecule has 0 aromatic heterocycles. The molecule has 5 aromatic rings. The Morgan fingerprint density at radius 3 is 1.89 bits per heavy atom. The maximum Gasteiger partial charge on any atom is 0.335 e. The van der Waals surface area contributed by atoms with E-state index in [-0.39, 0.29) is 30.3 Å². The lowest BCUT2D eigenvalue weighted by Crippen LogP contribution is -2.73. The van der Waals surface area contributed by atoms with Crippen molar-refractivity contribution in [2.75, 3.05) is 0 Å². The SMILES string of the molecule is CC1(C)S[C@H]2N(C(=O)C23CC=C(C(=O)OC(c2ccccc2)c2ccccc2)C3C(=O)c2ccccc2)[C@H]1C(O)(OCc1ccccc1)c1ccccc1. The summed E-state index contributed by atoms with van der Waals surface area (Å²) in [6.07, 6.45) is 1.17. The van der Waals surface area contributed by atoms with Crippen LogP contribution in [0.1, 0.15) is 59.0 Å². The standard InChI is InChI=1S/C46H41NO6S/c1-44(2)41(46(51,35-26-16-7-17-27-35)52-30-31-18-8-3-9-19-31)47-42(50)45(43(47)54-44)29-28-36(37(45)38(48)32-20-10-4-11-21-32)40(49)53-39(33-22-12-5-13-23-33)34-24-14-6-15-25-34/h3-28,37,39,41,43,51H,29-30H2,1-2H3/t37?,41-,43-,45?,46?/m1/s1. The summed E-state index contributed by atoms with van der Waals surface area (Å²) in [5.41, 5.74) is 2.27. The normalized spacial score (nSPS) is 23.7. The number of ketones is 1. The van der Waals surface area contributed by atoms with E-state index in [9.17, 15) is 14.7 Å². The minimum absolute atomic E-state index is 0.109. The highest BCUT2D eigenvalue weighted by molar-refractivity contribution is 8.01. The third-order valence-corrected chi connectivity index (χ3v) is 12.7. The molecule has 54 heavy (non-hydrogen) atoms. The minimum Gasteiger partial charge on any atom is -0.449 e. The number of nitrogens with zero attached hydrogens (tertiary/aromatic N) is 1. The fourth-order valence-corrected chi connectivity index (χ4v) is 10.4.